The lowest BCUT2D eigenvalue weighted by molar-refractivity contribution is -0.163. The maximum absolute atomic E-state index is 13.6. The van der Waals surface area contributed by atoms with Gasteiger partial charge in [0.05, 0.1) is 12.1 Å². The second-order valence-corrected chi connectivity index (χ2v) is 13.0. The summed E-state index contributed by atoms with van der Waals surface area (Å²) < 4.78 is 24.1. The van der Waals surface area contributed by atoms with Crippen LogP contribution in [0.1, 0.15) is 65.6 Å². The predicted molar refractivity (Wildman–Crippen MR) is 174 cm³/mol. The van der Waals surface area contributed by atoms with E-state index >= 15 is 0 Å². The van der Waals surface area contributed by atoms with Crippen molar-refractivity contribution in [2.45, 2.75) is 96.4 Å². The fourth-order valence-corrected chi connectivity index (χ4v) is 5.30. The first-order valence-electron chi connectivity index (χ1n) is 16.0. The third kappa shape index (κ3) is 8.70. The molecular weight excluding hydrogens is 636 g/mol. The highest BCUT2D eigenvalue weighted by molar-refractivity contribution is 5.93. The number of aliphatic hydroxyl groups excluding tert-OH is 1. The monoisotopic (exact) mass is 678 g/mol. The van der Waals surface area contributed by atoms with E-state index in [2.05, 4.69) is 20.7 Å². The Balaban J connectivity index is 1.66. The number of esters is 2. The number of rotatable bonds is 12. The second kappa shape index (κ2) is 15.4. The van der Waals surface area contributed by atoms with E-state index in [4.69, 9.17) is 18.9 Å². The number of benzene rings is 1. The van der Waals surface area contributed by atoms with E-state index < -0.39 is 66.1 Å². The number of carbonyl (C=O) groups excluding carboxylic acids is 4. The van der Waals surface area contributed by atoms with Gasteiger partial charge in [0.1, 0.15) is 48.4 Å². The van der Waals surface area contributed by atoms with Crippen LogP contribution in [0.2, 0.25) is 0 Å². The number of fused-ring (bicyclic) bond motifs is 1. The number of carbonyl (C=O) groups is 4. The molecule has 1 fully saturated rings. The number of hydrogen-bond acceptors (Lipinski definition) is 12. The van der Waals surface area contributed by atoms with Crippen LogP contribution in [-0.4, -0.2) is 80.2 Å². The number of alkyl carbamates (subject to hydrolysis) is 1. The van der Waals surface area contributed by atoms with Crippen LogP contribution in [0.5, 0.6) is 0 Å². The number of aromatic nitrogens is 3. The van der Waals surface area contributed by atoms with Gasteiger partial charge >= 0.3 is 18.0 Å². The molecule has 1 aromatic carbocycles. The molecule has 49 heavy (non-hydrogen) atoms. The summed E-state index contributed by atoms with van der Waals surface area (Å²) in [6.07, 6.45) is -3.60. The summed E-state index contributed by atoms with van der Waals surface area (Å²) in [5.41, 5.74) is -1.99. The first-order chi connectivity index (χ1) is 23.2. The Morgan fingerprint density at radius 2 is 1.86 bits per heavy atom. The molecule has 2 aromatic heterocycles. The van der Waals surface area contributed by atoms with Crippen molar-refractivity contribution in [1.29, 1.82) is 5.26 Å². The summed E-state index contributed by atoms with van der Waals surface area (Å²) in [6.45, 7) is 9.73. The van der Waals surface area contributed by atoms with Gasteiger partial charge in [0.25, 0.3) is 0 Å². The molecule has 3 N–H and O–H groups in total. The lowest BCUT2D eigenvalue weighted by Crippen LogP contribution is -2.50. The number of hydrogen-bond donors (Lipinski definition) is 3. The Morgan fingerprint density at radius 3 is 2.49 bits per heavy atom. The van der Waals surface area contributed by atoms with Gasteiger partial charge < -0.3 is 34.7 Å². The van der Waals surface area contributed by atoms with Crippen LogP contribution in [0, 0.1) is 17.2 Å². The van der Waals surface area contributed by atoms with Gasteiger partial charge in [-0.3, -0.25) is 9.59 Å². The molecule has 2 amide bonds. The van der Waals surface area contributed by atoms with Gasteiger partial charge in [-0.2, -0.15) is 10.4 Å². The first kappa shape index (κ1) is 36.8. The van der Waals surface area contributed by atoms with Crippen molar-refractivity contribution in [3.63, 3.8) is 0 Å². The molecule has 1 aliphatic heterocycles. The highest BCUT2D eigenvalue weighted by Gasteiger charge is 2.60. The summed E-state index contributed by atoms with van der Waals surface area (Å²) in [5.74, 6) is -2.14. The van der Waals surface area contributed by atoms with Crippen molar-refractivity contribution in [2.75, 3.05) is 11.9 Å². The number of nitriles is 1. The van der Waals surface area contributed by atoms with Gasteiger partial charge in [-0.05, 0) is 50.8 Å². The SMILES string of the molecule is CCCC(=O)Nc1ncnn2c([C@]3(C#N)O[C@H](COC(=O)Cc4ccccc4)[C@@H](OC(=O)[C@@H](NC(=O)OC(C)(C)C)C(C)C)[C@H]3O)ccc12. The van der Waals surface area contributed by atoms with Crippen molar-refractivity contribution in [3.05, 3.63) is 60.0 Å². The number of anilines is 1. The average Bonchev–Trinajstić information content (AvgIpc) is 3.58. The zero-order valence-corrected chi connectivity index (χ0v) is 28.3. The summed E-state index contributed by atoms with van der Waals surface area (Å²) >= 11 is 0. The normalized spacial score (nSPS) is 21.1. The molecule has 15 heteroatoms. The van der Waals surface area contributed by atoms with Crippen molar-refractivity contribution in [3.8, 4) is 6.07 Å². The van der Waals surface area contributed by atoms with Crippen LogP contribution < -0.4 is 10.6 Å². The Bertz CT molecular complexity index is 1700. The van der Waals surface area contributed by atoms with E-state index in [1.54, 1.807) is 65.0 Å². The van der Waals surface area contributed by atoms with E-state index in [0.29, 0.717) is 17.5 Å². The Kier molecular flexibility index (Phi) is 11.6. The lowest BCUT2D eigenvalue weighted by atomic mass is 9.92. The fourth-order valence-electron chi connectivity index (χ4n) is 5.30. The van der Waals surface area contributed by atoms with Crippen LogP contribution >= 0.6 is 0 Å². The molecule has 0 bridgehead atoms. The maximum Gasteiger partial charge on any atom is 0.408 e. The zero-order valence-electron chi connectivity index (χ0n) is 28.3. The third-order valence-corrected chi connectivity index (χ3v) is 7.61. The van der Waals surface area contributed by atoms with Crippen molar-refractivity contribution in [2.24, 2.45) is 5.92 Å². The largest absolute Gasteiger partial charge is 0.463 e. The van der Waals surface area contributed by atoms with Gasteiger partial charge in [0.2, 0.25) is 11.5 Å². The van der Waals surface area contributed by atoms with E-state index in [1.807, 2.05) is 19.1 Å². The van der Waals surface area contributed by atoms with Gasteiger partial charge in [0, 0.05) is 6.42 Å². The Morgan fingerprint density at radius 1 is 1.14 bits per heavy atom. The number of ether oxygens (including phenoxy) is 4. The molecule has 0 aliphatic carbocycles. The molecule has 5 atom stereocenters. The molecule has 0 spiro atoms. The number of amides is 2. The fraction of sp³-hybridized carbons (Fsp3) is 0.500. The molecule has 0 unspecified atom stereocenters. The van der Waals surface area contributed by atoms with Crippen LogP contribution in [-0.2, 0) is 45.4 Å². The van der Waals surface area contributed by atoms with Gasteiger partial charge in [-0.1, -0.05) is 51.1 Å². The predicted octanol–water partition coefficient (Wildman–Crippen LogP) is 3.19. The minimum atomic E-state index is -2.20. The highest BCUT2D eigenvalue weighted by atomic mass is 16.6. The molecular formula is C34H42N6O9. The minimum absolute atomic E-state index is 0.0392. The van der Waals surface area contributed by atoms with Crippen molar-refractivity contribution in [1.82, 2.24) is 19.9 Å². The molecule has 0 radical (unpaired) electrons. The van der Waals surface area contributed by atoms with E-state index in [-0.39, 0.29) is 30.3 Å². The lowest BCUT2D eigenvalue weighted by Gasteiger charge is -2.28. The van der Waals surface area contributed by atoms with Crippen LogP contribution in [0.3, 0.4) is 0 Å². The Labute approximate surface area is 283 Å². The standard InChI is InChI=1S/C34H42N6O9/c1-7-11-25(41)38-30-22-14-15-24(40(22)37-19-36-30)34(18-35)29(43)28(23(48-34)17-46-26(42)16-21-12-9-8-10-13-21)47-31(44)27(20(2)3)39-32(45)49-33(4,5)6/h8-10,12-15,19-20,23,27-29,43H,7,11,16-17H2,1-6H3,(H,39,45)(H,36,37,38,41)/t23-,27+,28-,29-,34+/m1/s1. The molecule has 15 nitrogen and oxygen atoms in total. The smallest absolute Gasteiger partial charge is 0.408 e. The van der Waals surface area contributed by atoms with Crippen molar-refractivity contribution >= 4 is 35.3 Å². The molecule has 262 valence electrons. The summed E-state index contributed by atoms with van der Waals surface area (Å²) in [7, 11) is 0. The minimum Gasteiger partial charge on any atom is -0.463 e. The average molecular weight is 679 g/mol. The van der Waals surface area contributed by atoms with E-state index in [1.165, 1.54) is 16.9 Å². The molecule has 3 aromatic rings. The maximum atomic E-state index is 13.6. The van der Waals surface area contributed by atoms with E-state index in [9.17, 15) is 29.5 Å². The van der Waals surface area contributed by atoms with Crippen LogP contribution in [0.4, 0.5) is 10.6 Å². The summed E-state index contributed by atoms with van der Waals surface area (Å²) in [4.78, 5) is 55.4. The summed E-state index contributed by atoms with van der Waals surface area (Å²) in [6, 6.07) is 12.7. The van der Waals surface area contributed by atoms with Crippen LogP contribution in [0.25, 0.3) is 5.52 Å². The second-order valence-electron chi connectivity index (χ2n) is 13.0. The van der Waals surface area contributed by atoms with Gasteiger partial charge in [0.15, 0.2) is 11.9 Å². The number of nitrogens with zero attached hydrogens (tertiary/aromatic N) is 4. The molecule has 4 rings (SSSR count). The van der Waals surface area contributed by atoms with E-state index in [0.717, 1.165) is 0 Å². The van der Waals surface area contributed by atoms with Crippen molar-refractivity contribution < 1.29 is 43.2 Å². The molecule has 1 aliphatic rings. The van der Waals surface area contributed by atoms with Gasteiger partial charge in [-0.15, -0.1) is 0 Å². The number of nitrogens with one attached hydrogen (secondary N) is 2. The number of aliphatic hydroxyl groups is 1. The Hall–Kier alpha value is -5.07. The topological polar surface area (TPSA) is 203 Å². The molecule has 0 saturated carbocycles. The highest BCUT2D eigenvalue weighted by Crippen LogP contribution is 2.42. The molecule has 1 saturated heterocycles. The van der Waals surface area contributed by atoms with Gasteiger partial charge in [-0.25, -0.2) is 19.1 Å². The zero-order chi connectivity index (χ0) is 35.9. The molecule has 3 heterocycles. The third-order valence-electron chi connectivity index (χ3n) is 7.61. The quantitative estimate of drug-likeness (QED) is 0.187. The van der Waals surface area contributed by atoms with Crippen LogP contribution in [0.15, 0.2) is 48.8 Å². The first-order valence-corrected chi connectivity index (χ1v) is 16.0. The summed E-state index contributed by atoms with van der Waals surface area (Å²) in [5, 5.41) is 31.8.